The van der Waals surface area contributed by atoms with Gasteiger partial charge in [-0.05, 0) is 18.1 Å². The van der Waals surface area contributed by atoms with Crippen molar-refractivity contribution in [2.75, 3.05) is 11.9 Å². The zero-order valence-corrected chi connectivity index (χ0v) is 10.1. The van der Waals surface area contributed by atoms with Crippen LogP contribution in [0.5, 0.6) is 0 Å². The van der Waals surface area contributed by atoms with Gasteiger partial charge < -0.3 is 5.32 Å². The lowest BCUT2D eigenvalue weighted by molar-refractivity contribution is 0.252. The van der Waals surface area contributed by atoms with Crippen molar-refractivity contribution in [3.63, 3.8) is 0 Å². The van der Waals surface area contributed by atoms with E-state index in [9.17, 15) is 9.18 Å². The highest BCUT2D eigenvalue weighted by Crippen LogP contribution is 2.06. The summed E-state index contributed by atoms with van der Waals surface area (Å²) in [5.41, 5.74) is 0.572. The van der Waals surface area contributed by atoms with Gasteiger partial charge in [-0.15, -0.1) is 0 Å². The number of nitrogens with one attached hydrogen (secondary N) is 2. The lowest BCUT2D eigenvalue weighted by Crippen LogP contribution is -2.30. The number of nitrogens with zero attached hydrogens (tertiary/aromatic N) is 2. The number of halogens is 1. The van der Waals surface area contributed by atoms with Crippen LogP contribution in [0.15, 0.2) is 42.9 Å². The summed E-state index contributed by atoms with van der Waals surface area (Å²) in [5, 5.41) is 5.15. The molecule has 6 heteroatoms. The van der Waals surface area contributed by atoms with Gasteiger partial charge in [-0.1, -0.05) is 18.2 Å². The first-order chi connectivity index (χ1) is 9.25. The smallest absolute Gasteiger partial charge is 0.320 e. The second kappa shape index (κ2) is 6.44. The van der Waals surface area contributed by atoms with Gasteiger partial charge in [-0.25, -0.2) is 14.2 Å². The molecule has 98 valence electrons. The molecule has 5 nitrogen and oxygen atoms in total. The molecule has 0 unspecified atom stereocenters. The van der Waals surface area contributed by atoms with Crippen molar-refractivity contribution >= 4 is 11.8 Å². The molecule has 2 amide bonds. The molecule has 0 aliphatic heterocycles. The molecule has 1 aromatic carbocycles. The number of aromatic nitrogens is 2. The van der Waals surface area contributed by atoms with Crippen LogP contribution in [0.25, 0.3) is 0 Å². The molecule has 19 heavy (non-hydrogen) atoms. The molecule has 2 N–H and O–H groups in total. The lowest BCUT2D eigenvalue weighted by Gasteiger charge is -2.07. The van der Waals surface area contributed by atoms with Gasteiger partial charge in [0, 0.05) is 18.9 Å². The molecule has 1 aromatic heterocycles. The van der Waals surface area contributed by atoms with Gasteiger partial charge in [0.15, 0.2) is 5.82 Å². The Kier molecular flexibility index (Phi) is 4.39. The van der Waals surface area contributed by atoms with Crippen LogP contribution >= 0.6 is 0 Å². The Bertz CT molecular complexity index is 547. The third kappa shape index (κ3) is 4.02. The van der Waals surface area contributed by atoms with Crippen molar-refractivity contribution in [2.24, 2.45) is 0 Å². The second-order valence-corrected chi connectivity index (χ2v) is 3.81. The zero-order valence-electron chi connectivity index (χ0n) is 10.1. The number of rotatable bonds is 4. The van der Waals surface area contributed by atoms with E-state index in [1.165, 1.54) is 24.7 Å². The van der Waals surface area contributed by atoms with E-state index in [1.807, 2.05) is 0 Å². The van der Waals surface area contributed by atoms with E-state index in [0.29, 0.717) is 24.3 Å². The summed E-state index contributed by atoms with van der Waals surface area (Å²) in [5.74, 6) is 0.101. The number of amides is 2. The highest BCUT2D eigenvalue weighted by atomic mass is 19.1. The minimum Gasteiger partial charge on any atom is -0.337 e. The molecule has 0 saturated heterocycles. The Morgan fingerprint density at radius 3 is 2.84 bits per heavy atom. The zero-order chi connectivity index (χ0) is 13.5. The fourth-order valence-electron chi connectivity index (χ4n) is 1.54. The van der Waals surface area contributed by atoms with Crippen LogP contribution in [-0.2, 0) is 6.42 Å². The van der Waals surface area contributed by atoms with Gasteiger partial charge in [-0.3, -0.25) is 10.3 Å². The van der Waals surface area contributed by atoms with Gasteiger partial charge >= 0.3 is 6.03 Å². The molecule has 0 radical (unpaired) electrons. The molecular weight excluding hydrogens is 247 g/mol. The average Bonchev–Trinajstić information content (AvgIpc) is 2.42. The minimum absolute atomic E-state index is 0.265. The minimum atomic E-state index is -0.392. The predicted octanol–water partition coefficient (Wildman–Crippen LogP) is 1.98. The number of hydrogen-bond acceptors (Lipinski definition) is 3. The van der Waals surface area contributed by atoms with Gasteiger partial charge in [-0.2, -0.15) is 0 Å². The number of hydrogen-bond donors (Lipinski definition) is 2. The summed E-state index contributed by atoms with van der Waals surface area (Å²) in [7, 11) is 0. The standard InChI is InChI=1S/C13H13FN4O/c14-11-4-2-1-3-10(11)5-6-17-13(19)18-12-9-15-7-8-16-12/h1-4,7-9H,5-6H2,(H2,16,17,18,19). The van der Waals surface area contributed by atoms with E-state index >= 15 is 0 Å². The summed E-state index contributed by atoms with van der Waals surface area (Å²) < 4.78 is 13.3. The van der Waals surface area contributed by atoms with Crippen molar-refractivity contribution in [3.05, 3.63) is 54.2 Å². The predicted molar refractivity (Wildman–Crippen MR) is 69.2 cm³/mol. The SMILES string of the molecule is O=C(NCCc1ccccc1F)Nc1cnccn1. The van der Waals surface area contributed by atoms with Crippen molar-refractivity contribution in [2.45, 2.75) is 6.42 Å². The van der Waals surface area contributed by atoms with Gasteiger partial charge in [0.1, 0.15) is 5.82 Å². The lowest BCUT2D eigenvalue weighted by atomic mass is 10.1. The van der Waals surface area contributed by atoms with E-state index in [4.69, 9.17) is 0 Å². The summed E-state index contributed by atoms with van der Waals surface area (Å²) in [6.45, 7) is 0.340. The van der Waals surface area contributed by atoms with Crippen molar-refractivity contribution in [3.8, 4) is 0 Å². The second-order valence-electron chi connectivity index (χ2n) is 3.81. The van der Waals surface area contributed by atoms with E-state index < -0.39 is 6.03 Å². The number of carbonyl (C=O) groups excluding carboxylic acids is 1. The maximum atomic E-state index is 13.3. The summed E-state index contributed by atoms with van der Waals surface area (Å²) in [4.78, 5) is 19.2. The maximum absolute atomic E-state index is 13.3. The van der Waals surface area contributed by atoms with Crippen molar-refractivity contribution in [1.82, 2.24) is 15.3 Å². The van der Waals surface area contributed by atoms with Crippen molar-refractivity contribution < 1.29 is 9.18 Å². The third-order valence-corrected chi connectivity index (χ3v) is 2.44. The van der Waals surface area contributed by atoms with Crippen LogP contribution in [0.3, 0.4) is 0 Å². The molecular formula is C13H13FN4O. The number of benzene rings is 1. The molecule has 2 aromatic rings. The quantitative estimate of drug-likeness (QED) is 0.883. The molecule has 2 rings (SSSR count). The van der Waals surface area contributed by atoms with E-state index in [-0.39, 0.29) is 5.82 Å². The first-order valence-corrected chi connectivity index (χ1v) is 5.80. The molecule has 0 bridgehead atoms. The monoisotopic (exact) mass is 260 g/mol. The number of carbonyl (C=O) groups is 1. The molecule has 0 fully saturated rings. The molecule has 0 spiro atoms. The fraction of sp³-hybridized carbons (Fsp3) is 0.154. The Hall–Kier alpha value is -2.50. The van der Waals surface area contributed by atoms with Gasteiger partial charge in [0.25, 0.3) is 0 Å². The van der Waals surface area contributed by atoms with Gasteiger partial charge in [0.05, 0.1) is 6.20 Å². The van der Waals surface area contributed by atoms with Crippen LogP contribution in [0.1, 0.15) is 5.56 Å². The Balaban J connectivity index is 1.77. The van der Waals surface area contributed by atoms with Crippen LogP contribution in [0.2, 0.25) is 0 Å². The largest absolute Gasteiger partial charge is 0.337 e. The number of anilines is 1. The van der Waals surface area contributed by atoms with Crippen molar-refractivity contribution in [1.29, 1.82) is 0 Å². The third-order valence-electron chi connectivity index (χ3n) is 2.44. The Labute approximate surface area is 109 Å². The van der Waals surface area contributed by atoms with E-state index in [1.54, 1.807) is 18.2 Å². The highest BCUT2D eigenvalue weighted by Gasteiger charge is 2.03. The molecule has 0 atom stereocenters. The molecule has 0 aliphatic rings. The molecule has 0 aliphatic carbocycles. The molecule has 0 saturated carbocycles. The summed E-state index contributed by atoms with van der Waals surface area (Å²) in [6.07, 6.45) is 4.87. The van der Waals surface area contributed by atoms with Crippen LogP contribution in [0.4, 0.5) is 15.0 Å². The van der Waals surface area contributed by atoms with E-state index in [0.717, 1.165) is 0 Å². The van der Waals surface area contributed by atoms with Crippen LogP contribution in [-0.4, -0.2) is 22.5 Å². The van der Waals surface area contributed by atoms with E-state index in [2.05, 4.69) is 20.6 Å². The van der Waals surface area contributed by atoms with Crippen LogP contribution in [0, 0.1) is 5.82 Å². The Morgan fingerprint density at radius 1 is 1.26 bits per heavy atom. The summed E-state index contributed by atoms with van der Waals surface area (Å²) in [6, 6.07) is 6.09. The van der Waals surface area contributed by atoms with Crippen LogP contribution < -0.4 is 10.6 Å². The highest BCUT2D eigenvalue weighted by molar-refractivity contribution is 5.87. The normalized spacial score (nSPS) is 9.95. The first-order valence-electron chi connectivity index (χ1n) is 5.80. The topological polar surface area (TPSA) is 66.9 Å². The fourth-order valence-corrected chi connectivity index (χ4v) is 1.54. The first kappa shape index (κ1) is 12.9. The summed E-state index contributed by atoms with van der Waals surface area (Å²) >= 11 is 0. The molecule has 1 heterocycles. The average molecular weight is 260 g/mol. The van der Waals surface area contributed by atoms with Gasteiger partial charge in [0.2, 0.25) is 0 Å². The number of urea groups is 1. The Morgan fingerprint density at radius 2 is 2.11 bits per heavy atom. The maximum Gasteiger partial charge on any atom is 0.320 e.